The van der Waals surface area contributed by atoms with Crippen molar-refractivity contribution in [3.8, 4) is 0 Å². The molecule has 4 nitrogen and oxygen atoms in total. The SMILES string of the molecule is CCNC(=NCc1ccccc1)NCc1ccccc1COCC.I. The molecule has 0 aliphatic rings. The van der Waals surface area contributed by atoms with E-state index in [1.807, 2.05) is 31.2 Å². The standard InChI is InChI=1S/C20H27N3O.HI/c1-3-21-20(22-14-17-10-6-5-7-11-17)23-15-18-12-8-9-13-19(18)16-24-4-2;/h5-13H,3-4,14-16H2,1-2H3,(H2,21,22,23);1H. The second kappa shape index (κ2) is 12.7. The van der Waals surface area contributed by atoms with Gasteiger partial charge in [-0.2, -0.15) is 0 Å². The smallest absolute Gasteiger partial charge is 0.191 e. The molecule has 0 spiro atoms. The predicted octanol–water partition coefficient (Wildman–Crippen LogP) is 4.10. The van der Waals surface area contributed by atoms with Crippen LogP contribution in [0.25, 0.3) is 0 Å². The van der Waals surface area contributed by atoms with Crippen LogP contribution in [-0.4, -0.2) is 19.1 Å². The van der Waals surface area contributed by atoms with Gasteiger partial charge in [0, 0.05) is 19.7 Å². The maximum absolute atomic E-state index is 5.55. The average Bonchev–Trinajstić information content (AvgIpc) is 2.64. The van der Waals surface area contributed by atoms with E-state index in [1.54, 1.807) is 0 Å². The molecule has 0 heterocycles. The number of halogens is 1. The lowest BCUT2D eigenvalue weighted by Gasteiger charge is -2.14. The van der Waals surface area contributed by atoms with Crippen LogP contribution < -0.4 is 10.6 Å². The van der Waals surface area contributed by atoms with Gasteiger partial charge < -0.3 is 15.4 Å². The second-order valence-electron chi connectivity index (χ2n) is 5.44. The van der Waals surface area contributed by atoms with Crippen LogP contribution in [0, 0.1) is 0 Å². The van der Waals surface area contributed by atoms with Crippen LogP contribution >= 0.6 is 24.0 Å². The number of rotatable bonds is 8. The van der Waals surface area contributed by atoms with Crippen molar-refractivity contribution >= 4 is 29.9 Å². The van der Waals surface area contributed by atoms with E-state index in [0.29, 0.717) is 13.2 Å². The minimum atomic E-state index is 0. The Morgan fingerprint density at radius 2 is 1.60 bits per heavy atom. The van der Waals surface area contributed by atoms with Gasteiger partial charge in [0.05, 0.1) is 13.2 Å². The summed E-state index contributed by atoms with van der Waals surface area (Å²) in [7, 11) is 0. The van der Waals surface area contributed by atoms with E-state index < -0.39 is 0 Å². The molecule has 2 rings (SSSR count). The number of nitrogens with one attached hydrogen (secondary N) is 2. The van der Waals surface area contributed by atoms with Crippen LogP contribution in [0.5, 0.6) is 0 Å². The molecule has 136 valence electrons. The number of aliphatic imine (C=N–C) groups is 1. The topological polar surface area (TPSA) is 45.7 Å². The Hall–Kier alpha value is -1.60. The number of benzene rings is 2. The van der Waals surface area contributed by atoms with Crippen molar-refractivity contribution in [3.63, 3.8) is 0 Å². The number of guanidine groups is 1. The molecule has 2 N–H and O–H groups in total. The monoisotopic (exact) mass is 453 g/mol. The van der Waals surface area contributed by atoms with E-state index in [-0.39, 0.29) is 24.0 Å². The summed E-state index contributed by atoms with van der Waals surface area (Å²) in [6, 6.07) is 18.6. The van der Waals surface area contributed by atoms with E-state index in [0.717, 1.165) is 25.7 Å². The van der Waals surface area contributed by atoms with Gasteiger partial charge in [-0.15, -0.1) is 24.0 Å². The Morgan fingerprint density at radius 1 is 0.920 bits per heavy atom. The van der Waals surface area contributed by atoms with Crippen LogP contribution in [0.2, 0.25) is 0 Å². The third kappa shape index (κ3) is 7.88. The van der Waals surface area contributed by atoms with Gasteiger partial charge in [-0.1, -0.05) is 54.6 Å². The molecule has 0 aliphatic heterocycles. The van der Waals surface area contributed by atoms with Crippen LogP contribution in [0.1, 0.15) is 30.5 Å². The van der Waals surface area contributed by atoms with Crippen LogP contribution in [-0.2, 0) is 24.4 Å². The van der Waals surface area contributed by atoms with Crippen molar-refractivity contribution in [1.82, 2.24) is 10.6 Å². The van der Waals surface area contributed by atoms with Gasteiger partial charge in [-0.05, 0) is 30.5 Å². The number of hydrogen-bond donors (Lipinski definition) is 2. The predicted molar refractivity (Wildman–Crippen MR) is 115 cm³/mol. The zero-order chi connectivity index (χ0) is 17.0. The summed E-state index contributed by atoms with van der Waals surface area (Å²) < 4.78 is 5.55. The minimum Gasteiger partial charge on any atom is -0.377 e. The maximum Gasteiger partial charge on any atom is 0.191 e. The number of ether oxygens (including phenoxy) is 1. The van der Waals surface area contributed by atoms with Gasteiger partial charge in [0.1, 0.15) is 0 Å². The Bertz CT molecular complexity index is 632. The Kier molecular flexibility index (Phi) is 10.9. The molecule has 0 saturated heterocycles. The Labute approximate surface area is 168 Å². The van der Waals surface area contributed by atoms with Crippen molar-refractivity contribution in [2.75, 3.05) is 13.2 Å². The Balaban J connectivity index is 0.00000312. The molecule has 0 fully saturated rings. The summed E-state index contributed by atoms with van der Waals surface area (Å²) in [5.41, 5.74) is 3.65. The van der Waals surface area contributed by atoms with Gasteiger partial charge in [0.2, 0.25) is 0 Å². The lowest BCUT2D eigenvalue weighted by atomic mass is 10.1. The molecule has 25 heavy (non-hydrogen) atoms. The number of hydrogen-bond acceptors (Lipinski definition) is 2. The summed E-state index contributed by atoms with van der Waals surface area (Å²) in [5, 5.41) is 6.70. The molecule has 0 unspecified atom stereocenters. The molecule has 0 aromatic heterocycles. The van der Waals surface area contributed by atoms with Crippen molar-refractivity contribution in [2.45, 2.75) is 33.5 Å². The van der Waals surface area contributed by atoms with Gasteiger partial charge >= 0.3 is 0 Å². The highest BCUT2D eigenvalue weighted by molar-refractivity contribution is 14.0. The fourth-order valence-electron chi connectivity index (χ4n) is 2.36. The summed E-state index contributed by atoms with van der Waals surface area (Å²) in [6.07, 6.45) is 0. The first kappa shape index (κ1) is 21.4. The average molecular weight is 453 g/mol. The summed E-state index contributed by atoms with van der Waals surface area (Å²) in [5.74, 6) is 0.826. The van der Waals surface area contributed by atoms with Crippen LogP contribution in [0.3, 0.4) is 0 Å². The van der Waals surface area contributed by atoms with Crippen molar-refractivity contribution in [2.24, 2.45) is 4.99 Å². The van der Waals surface area contributed by atoms with Crippen molar-refractivity contribution in [1.29, 1.82) is 0 Å². The van der Waals surface area contributed by atoms with E-state index in [1.165, 1.54) is 16.7 Å². The summed E-state index contributed by atoms with van der Waals surface area (Å²) in [4.78, 5) is 4.65. The van der Waals surface area contributed by atoms with Crippen molar-refractivity contribution in [3.05, 3.63) is 71.3 Å². The largest absolute Gasteiger partial charge is 0.377 e. The zero-order valence-electron chi connectivity index (χ0n) is 15.0. The van der Waals surface area contributed by atoms with Crippen molar-refractivity contribution < 1.29 is 4.74 Å². The first-order valence-corrected chi connectivity index (χ1v) is 8.54. The molecule has 2 aromatic rings. The minimum absolute atomic E-state index is 0. The second-order valence-corrected chi connectivity index (χ2v) is 5.44. The van der Waals surface area contributed by atoms with E-state index in [2.05, 4.69) is 52.9 Å². The highest BCUT2D eigenvalue weighted by Crippen LogP contribution is 2.10. The molecule has 5 heteroatoms. The highest BCUT2D eigenvalue weighted by Gasteiger charge is 2.03. The van der Waals surface area contributed by atoms with Gasteiger partial charge in [-0.25, -0.2) is 4.99 Å². The molecule has 0 bridgehead atoms. The summed E-state index contributed by atoms with van der Waals surface area (Å²) in [6.45, 7) is 7.68. The normalized spacial score (nSPS) is 10.9. The Morgan fingerprint density at radius 3 is 2.28 bits per heavy atom. The quantitative estimate of drug-likeness (QED) is 0.360. The molecule has 2 aromatic carbocycles. The molecular weight excluding hydrogens is 425 g/mol. The van der Waals surface area contributed by atoms with Crippen LogP contribution in [0.15, 0.2) is 59.6 Å². The van der Waals surface area contributed by atoms with E-state index in [9.17, 15) is 0 Å². The molecule has 0 atom stereocenters. The third-order valence-corrected chi connectivity index (χ3v) is 3.63. The number of nitrogens with zero attached hydrogens (tertiary/aromatic N) is 1. The maximum atomic E-state index is 5.55. The molecule has 0 amide bonds. The molecule has 0 radical (unpaired) electrons. The highest BCUT2D eigenvalue weighted by atomic mass is 127. The van der Waals surface area contributed by atoms with E-state index >= 15 is 0 Å². The van der Waals surface area contributed by atoms with Crippen LogP contribution in [0.4, 0.5) is 0 Å². The fraction of sp³-hybridized carbons (Fsp3) is 0.350. The summed E-state index contributed by atoms with van der Waals surface area (Å²) >= 11 is 0. The lowest BCUT2D eigenvalue weighted by molar-refractivity contribution is 0.133. The first-order valence-electron chi connectivity index (χ1n) is 8.54. The molecule has 0 saturated carbocycles. The molecule has 0 aliphatic carbocycles. The van der Waals surface area contributed by atoms with Gasteiger partial charge in [0.15, 0.2) is 5.96 Å². The van der Waals surface area contributed by atoms with Gasteiger partial charge in [0.25, 0.3) is 0 Å². The lowest BCUT2D eigenvalue weighted by Crippen LogP contribution is -2.37. The molecular formula is C20H28IN3O. The van der Waals surface area contributed by atoms with E-state index in [4.69, 9.17) is 4.74 Å². The third-order valence-electron chi connectivity index (χ3n) is 3.63. The fourth-order valence-corrected chi connectivity index (χ4v) is 2.36. The van der Waals surface area contributed by atoms with Gasteiger partial charge in [-0.3, -0.25) is 0 Å². The first-order chi connectivity index (χ1) is 11.8. The zero-order valence-corrected chi connectivity index (χ0v) is 17.3.